The molecule has 0 amide bonds. The first kappa shape index (κ1) is 18.4. The van der Waals surface area contributed by atoms with E-state index in [0.29, 0.717) is 12.8 Å². The summed E-state index contributed by atoms with van der Waals surface area (Å²) in [6.07, 6.45) is 8.40. The molecule has 0 saturated heterocycles. The van der Waals surface area contributed by atoms with Gasteiger partial charge >= 0.3 is 5.97 Å². The Morgan fingerprint density at radius 1 is 1.20 bits per heavy atom. The van der Waals surface area contributed by atoms with Gasteiger partial charge in [-0.15, -0.1) is 0 Å². The maximum atomic E-state index is 10.9. The molecule has 2 atom stereocenters. The highest BCUT2D eigenvalue weighted by Crippen LogP contribution is 2.09. The Bertz CT molecular complexity index is 374. The number of esters is 1. The van der Waals surface area contributed by atoms with Crippen molar-refractivity contribution in [3.05, 3.63) is 24.3 Å². The third kappa shape index (κ3) is 11.5. The van der Waals surface area contributed by atoms with Crippen LogP contribution in [0, 0.1) is 11.8 Å². The van der Waals surface area contributed by atoms with Crippen molar-refractivity contribution < 1.29 is 19.7 Å². The van der Waals surface area contributed by atoms with Crippen molar-refractivity contribution >= 4 is 5.97 Å². The van der Waals surface area contributed by atoms with Crippen LogP contribution in [0.15, 0.2) is 24.3 Å². The van der Waals surface area contributed by atoms with E-state index in [0.717, 1.165) is 12.8 Å². The van der Waals surface area contributed by atoms with Crippen molar-refractivity contribution in [2.45, 2.75) is 51.2 Å². The number of hydrogen-bond acceptors (Lipinski definition) is 4. The Morgan fingerprint density at radius 3 is 2.50 bits per heavy atom. The number of aliphatic hydroxyl groups excluding tert-OH is 2. The molecule has 0 saturated carbocycles. The number of aliphatic hydroxyl groups is 2. The van der Waals surface area contributed by atoms with Crippen molar-refractivity contribution in [3.63, 3.8) is 0 Å². The zero-order valence-corrected chi connectivity index (χ0v) is 12.2. The third-order valence-corrected chi connectivity index (χ3v) is 2.65. The van der Waals surface area contributed by atoms with E-state index >= 15 is 0 Å². The van der Waals surface area contributed by atoms with E-state index in [4.69, 9.17) is 0 Å². The highest BCUT2D eigenvalue weighted by atomic mass is 16.5. The molecule has 2 N–H and O–H groups in total. The van der Waals surface area contributed by atoms with Crippen LogP contribution in [0.4, 0.5) is 0 Å². The summed E-state index contributed by atoms with van der Waals surface area (Å²) < 4.78 is 4.47. The Labute approximate surface area is 121 Å². The van der Waals surface area contributed by atoms with Gasteiger partial charge in [-0.25, -0.2) is 0 Å². The van der Waals surface area contributed by atoms with E-state index in [1.165, 1.54) is 7.11 Å². The van der Waals surface area contributed by atoms with Gasteiger partial charge < -0.3 is 14.9 Å². The van der Waals surface area contributed by atoms with Crippen molar-refractivity contribution in [3.8, 4) is 11.8 Å². The van der Waals surface area contributed by atoms with Crippen LogP contribution < -0.4 is 0 Å². The predicted octanol–water partition coefficient (Wildman–Crippen LogP) is 1.97. The summed E-state index contributed by atoms with van der Waals surface area (Å²) in [6, 6.07) is 0. The molecule has 0 spiro atoms. The Morgan fingerprint density at radius 2 is 1.85 bits per heavy atom. The third-order valence-electron chi connectivity index (χ3n) is 2.65. The second-order valence-corrected chi connectivity index (χ2v) is 4.43. The van der Waals surface area contributed by atoms with E-state index in [1.807, 2.05) is 13.0 Å². The summed E-state index contributed by atoms with van der Waals surface area (Å²) in [7, 11) is 1.30. The number of methoxy groups -OCH3 is 1. The van der Waals surface area contributed by atoms with E-state index in [9.17, 15) is 15.0 Å². The number of unbranched alkanes of at least 4 members (excludes halogenated alkanes) is 1. The van der Waals surface area contributed by atoms with Crippen LogP contribution in [0.25, 0.3) is 0 Å². The first-order valence-corrected chi connectivity index (χ1v) is 6.82. The summed E-state index contributed by atoms with van der Waals surface area (Å²) in [5.41, 5.74) is 0. The van der Waals surface area contributed by atoms with Gasteiger partial charge in [-0.3, -0.25) is 4.79 Å². The van der Waals surface area contributed by atoms with E-state index in [1.54, 1.807) is 18.2 Å². The molecule has 0 aliphatic heterocycles. The summed E-state index contributed by atoms with van der Waals surface area (Å²) in [6.45, 7) is 1.89. The Hall–Kier alpha value is -1.57. The fourth-order valence-corrected chi connectivity index (χ4v) is 1.55. The molecule has 4 heteroatoms. The molecule has 0 aromatic carbocycles. The maximum absolute atomic E-state index is 10.9. The Kier molecular flexibility index (Phi) is 11.5. The molecule has 0 bridgehead atoms. The molecule has 0 aliphatic carbocycles. The minimum atomic E-state index is -0.665. The molecule has 0 aliphatic rings. The summed E-state index contributed by atoms with van der Waals surface area (Å²) in [5, 5.41) is 19.2. The molecule has 112 valence electrons. The average Bonchev–Trinajstić information content (AvgIpc) is 2.43. The van der Waals surface area contributed by atoms with Crippen LogP contribution in [0.5, 0.6) is 0 Å². The minimum absolute atomic E-state index is 0.0273. The number of ether oxygens (including phenoxy) is 1. The summed E-state index contributed by atoms with van der Waals surface area (Å²) in [5.74, 6) is 5.17. The number of rotatable bonds is 8. The molecule has 0 aromatic heterocycles. The van der Waals surface area contributed by atoms with Gasteiger partial charge in [0.05, 0.1) is 25.7 Å². The van der Waals surface area contributed by atoms with Gasteiger partial charge in [-0.1, -0.05) is 30.8 Å². The maximum Gasteiger partial charge on any atom is 0.308 e. The molecule has 0 aromatic rings. The standard InChI is InChI=1S/C16H24O4/c1-3-4-5-6-7-10-14(17)11-8-9-12-15(18)13-16(19)20-2/h3-4,7,10,14-15,17-18H,8-9,11-13H2,1-2H3. The van der Waals surface area contributed by atoms with E-state index in [-0.39, 0.29) is 6.42 Å². The molecule has 0 heterocycles. The normalized spacial score (nSPS) is 14.0. The van der Waals surface area contributed by atoms with Crippen molar-refractivity contribution in [1.82, 2.24) is 0 Å². The van der Waals surface area contributed by atoms with Crippen LogP contribution in [-0.2, 0) is 9.53 Å². The number of hydrogen-bond donors (Lipinski definition) is 2. The van der Waals surface area contributed by atoms with E-state index < -0.39 is 18.2 Å². The Balaban J connectivity index is 3.69. The summed E-state index contributed by atoms with van der Waals surface area (Å²) >= 11 is 0. The predicted molar refractivity (Wildman–Crippen MR) is 78.8 cm³/mol. The highest BCUT2D eigenvalue weighted by molar-refractivity contribution is 5.69. The molecule has 0 radical (unpaired) electrons. The van der Waals surface area contributed by atoms with Crippen molar-refractivity contribution in [2.24, 2.45) is 0 Å². The highest BCUT2D eigenvalue weighted by Gasteiger charge is 2.10. The number of carbonyl (C=O) groups is 1. The molecule has 0 fully saturated rings. The van der Waals surface area contributed by atoms with Crippen LogP contribution in [0.2, 0.25) is 0 Å². The van der Waals surface area contributed by atoms with Gasteiger partial charge in [0.25, 0.3) is 0 Å². The van der Waals surface area contributed by atoms with Crippen molar-refractivity contribution in [2.75, 3.05) is 7.11 Å². The molecule has 20 heavy (non-hydrogen) atoms. The topological polar surface area (TPSA) is 66.8 Å². The fraction of sp³-hybridized carbons (Fsp3) is 0.562. The lowest BCUT2D eigenvalue weighted by atomic mass is 10.1. The smallest absolute Gasteiger partial charge is 0.308 e. The fourth-order valence-electron chi connectivity index (χ4n) is 1.55. The van der Waals surface area contributed by atoms with Crippen LogP contribution in [0.1, 0.15) is 39.0 Å². The average molecular weight is 280 g/mol. The largest absolute Gasteiger partial charge is 0.469 e. The monoisotopic (exact) mass is 280 g/mol. The lowest BCUT2D eigenvalue weighted by Crippen LogP contribution is -2.14. The summed E-state index contributed by atoms with van der Waals surface area (Å²) in [4.78, 5) is 10.9. The lowest BCUT2D eigenvalue weighted by molar-refractivity contribution is -0.142. The second kappa shape index (κ2) is 12.5. The molecular formula is C16H24O4. The van der Waals surface area contributed by atoms with Crippen LogP contribution in [-0.4, -0.2) is 35.5 Å². The van der Waals surface area contributed by atoms with Gasteiger partial charge in [0.15, 0.2) is 0 Å². The number of allylic oxidation sites excluding steroid dienone is 3. The van der Waals surface area contributed by atoms with Crippen LogP contribution >= 0.6 is 0 Å². The van der Waals surface area contributed by atoms with Crippen molar-refractivity contribution in [1.29, 1.82) is 0 Å². The zero-order valence-electron chi connectivity index (χ0n) is 12.2. The number of carbonyl (C=O) groups excluding carboxylic acids is 1. The SMILES string of the molecule is CC=CC#CC=CC(O)CCCCC(O)CC(=O)OC. The van der Waals surface area contributed by atoms with Gasteiger partial charge in [-0.2, -0.15) is 0 Å². The first-order chi connectivity index (χ1) is 9.60. The molecule has 4 nitrogen and oxygen atoms in total. The molecular weight excluding hydrogens is 256 g/mol. The minimum Gasteiger partial charge on any atom is -0.469 e. The molecule has 2 unspecified atom stereocenters. The van der Waals surface area contributed by atoms with E-state index in [2.05, 4.69) is 16.6 Å². The van der Waals surface area contributed by atoms with Gasteiger partial charge in [0.1, 0.15) is 0 Å². The first-order valence-electron chi connectivity index (χ1n) is 6.82. The lowest BCUT2D eigenvalue weighted by Gasteiger charge is -2.09. The quantitative estimate of drug-likeness (QED) is 0.405. The van der Waals surface area contributed by atoms with Gasteiger partial charge in [0, 0.05) is 0 Å². The molecule has 0 rings (SSSR count). The van der Waals surface area contributed by atoms with Gasteiger partial charge in [-0.05, 0) is 38.0 Å². The zero-order chi connectivity index (χ0) is 15.2. The van der Waals surface area contributed by atoms with Crippen LogP contribution in [0.3, 0.4) is 0 Å². The second-order valence-electron chi connectivity index (χ2n) is 4.43. The van der Waals surface area contributed by atoms with Gasteiger partial charge in [0.2, 0.25) is 0 Å².